The summed E-state index contributed by atoms with van der Waals surface area (Å²) in [6.07, 6.45) is 1.78. The summed E-state index contributed by atoms with van der Waals surface area (Å²) in [6, 6.07) is 62.9. The lowest BCUT2D eigenvalue weighted by Gasteiger charge is -2.26. The molecule has 0 spiro atoms. The van der Waals surface area contributed by atoms with E-state index in [0.29, 0.717) is 0 Å². The van der Waals surface area contributed by atoms with E-state index in [2.05, 4.69) is 191 Å². The van der Waals surface area contributed by atoms with E-state index in [1.807, 2.05) is 6.20 Å². The van der Waals surface area contributed by atoms with E-state index < -0.39 is 0 Å². The van der Waals surface area contributed by atoms with Gasteiger partial charge >= 0.3 is 0 Å². The number of para-hydroxylation sites is 3. The number of nitrogens with one attached hydrogen (secondary N) is 1. The monoisotopic (exact) mass is 640 g/mol. The molecule has 50 heavy (non-hydrogen) atoms. The highest BCUT2D eigenvalue weighted by molar-refractivity contribution is 6.10. The van der Waals surface area contributed by atoms with E-state index in [4.69, 9.17) is 4.98 Å². The Morgan fingerprint density at radius 3 is 1.60 bits per heavy atom. The van der Waals surface area contributed by atoms with Gasteiger partial charge in [-0.05, 0) is 68.9 Å². The molecule has 10 rings (SSSR count). The fourth-order valence-corrected chi connectivity index (χ4v) is 7.81. The summed E-state index contributed by atoms with van der Waals surface area (Å²) < 4.78 is 2.37. The van der Waals surface area contributed by atoms with Gasteiger partial charge in [0.2, 0.25) is 0 Å². The predicted molar refractivity (Wildman–Crippen MR) is 208 cm³/mol. The summed E-state index contributed by atoms with van der Waals surface area (Å²) >= 11 is 0. The first kappa shape index (κ1) is 28.4. The zero-order valence-corrected chi connectivity index (χ0v) is 27.2. The summed E-state index contributed by atoms with van der Waals surface area (Å²) in [4.78, 5) is 7.33. The van der Waals surface area contributed by atoms with Crippen molar-refractivity contribution >= 4 is 49.8 Å². The van der Waals surface area contributed by atoms with Crippen molar-refractivity contribution in [1.29, 1.82) is 0 Å². The lowest BCUT2D eigenvalue weighted by atomic mass is 9.92. The molecular formula is C46H32N4. The summed E-state index contributed by atoms with van der Waals surface area (Å²) in [6.45, 7) is 0. The molecule has 1 aliphatic heterocycles. The number of fused-ring (bicyclic) bond motifs is 5. The summed E-state index contributed by atoms with van der Waals surface area (Å²) in [5, 5.41) is 8.93. The smallest absolute Gasteiger partial charge is 0.160 e. The lowest BCUT2D eigenvalue weighted by Crippen LogP contribution is -2.23. The van der Waals surface area contributed by atoms with Crippen LogP contribution in [-0.4, -0.2) is 9.55 Å². The highest BCUT2D eigenvalue weighted by Gasteiger charge is 2.35. The molecule has 9 aromatic rings. The highest BCUT2D eigenvalue weighted by atomic mass is 15.4. The van der Waals surface area contributed by atoms with Crippen LogP contribution in [0.1, 0.15) is 11.7 Å². The van der Waals surface area contributed by atoms with Gasteiger partial charge in [0.25, 0.3) is 0 Å². The van der Waals surface area contributed by atoms with E-state index >= 15 is 0 Å². The van der Waals surface area contributed by atoms with Crippen LogP contribution in [0.15, 0.2) is 182 Å². The first-order valence-electron chi connectivity index (χ1n) is 17.1. The van der Waals surface area contributed by atoms with Crippen molar-refractivity contribution in [3.63, 3.8) is 0 Å². The summed E-state index contributed by atoms with van der Waals surface area (Å²) in [5.74, 6) is 0.909. The number of pyridine rings is 1. The number of hydrogen-bond acceptors (Lipinski definition) is 3. The number of aromatic nitrogens is 2. The van der Waals surface area contributed by atoms with Crippen LogP contribution < -0.4 is 10.2 Å². The van der Waals surface area contributed by atoms with E-state index in [1.54, 1.807) is 0 Å². The van der Waals surface area contributed by atoms with Crippen molar-refractivity contribution in [1.82, 2.24) is 9.55 Å². The Labute approximate surface area is 290 Å². The van der Waals surface area contributed by atoms with E-state index in [1.165, 1.54) is 54.8 Å². The number of rotatable bonds is 5. The Kier molecular flexibility index (Phi) is 6.53. The lowest BCUT2D eigenvalue weighted by molar-refractivity contribution is 0.820. The Balaban J connectivity index is 1.09. The van der Waals surface area contributed by atoms with Gasteiger partial charge in [-0.3, -0.25) is 4.90 Å². The van der Waals surface area contributed by atoms with Gasteiger partial charge in [0.1, 0.15) is 11.9 Å². The third-order valence-corrected chi connectivity index (χ3v) is 10.1. The maximum Gasteiger partial charge on any atom is 0.160 e. The first-order chi connectivity index (χ1) is 24.8. The number of nitrogens with zero attached hydrogens (tertiary/aromatic N) is 3. The standard InChI is InChI=1S/C46H32N4/c1-3-13-31(14-4-1)35-27-28-36(38-18-8-7-17-37(35)38)32-23-25-33(26-24-32)45-48-44-43(29-30-47-46(44)49(45)34-15-5-2-6-16-34)50-41-21-11-9-19-39(41)40-20-10-12-22-42(40)50/h1-30,45,48H. The van der Waals surface area contributed by atoms with Gasteiger partial charge in [0.15, 0.2) is 5.82 Å². The molecule has 1 N–H and O–H groups in total. The summed E-state index contributed by atoms with van der Waals surface area (Å²) in [5.41, 5.74) is 11.6. The van der Waals surface area contributed by atoms with Crippen LogP contribution in [0.25, 0.3) is 60.5 Å². The molecule has 1 aliphatic rings. The van der Waals surface area contributed by atoms with Crippen LogP contribution in [0.3, 0.4) is 0 Å². The Hall–Kier alpha value is -6.65. The van der Waals surface area contributed by atoms with Gasteiger partial charge in [-0.25, -0.2) is 4.98 Å². The van der Waals surface area contributed by atoms with Crippen LogP contribution in [0, 0.1) is 0 Å². The second kappa shape index (κ2) is 11.5. The van der Waals surface area contributed by atoms with Crippen molar-refractivity contribution in [2.75, 3.05) is 10.2 Å². The Morgan fingerprint density at radius 2 is 0.980 bits per heavy atom. The third kappa shape index (κ3) is 4.42. The van der Waals surface area contributed by atoms with Crippen LogP contribution >= 0.6 is 0 Å². The first-order valence-corrected chi connectivity index (χ1v) is 17.1. The molecule has 0 amide bonds. The van der Waals surface area contributed by atoms with Crippen molar-refractivity contribution < 1.29 is 0 Å². The topological polar surface area (TPSA) is 33.1 Å². The molecule has 1 atom stereocenters. The molecule has 0 aliphatic carbocycles. The zero-order chi connectivity index (χ0) is 33.0. The second-order valence-electron chi connectivity index (χ2n) is 12.8. The normalized spacial score (nSPS) is 13.9. The number of hydrogen-bond donors (Lipinski definition) is 1. The fourth-order valence-electron chi connectivity index (χ4n) is 7.81. The largest absolute Gasteiger partial charge is 0.356 e. The molecule has 236 valence electrons. The van der Waals surface area contributed by atoms with Crippen LogP contribution in [0.2, 0.25) is 0 Å². The minimum absolute atomic E-state index is 0.152. The fraction of sp³-hybridized carbons (Fsp3) is 0.0217. The molecule has 4 nitrogen and oxygen atoms in total. The van der Waals surface area contributed by atoms with E-state index in [-0.39, 0.29) is 6.17 Å². The second-order valence-corrected chi connectivity index (χ2v) is 12.8. The minimum Gasteiger partial charge on any atom is -0.356 e. The molecule has 7 aromatic carbocycles. The van der Waals surface area contributed by atoms with Gasteiger partial charge in [-0.2, -0.15) is 0 Å². The molecular weight excluding hydrogens is 609 g/mol. The van der Waals surface area contributed by atoms with E-state index in [9.17, 15) is 0 Å². The van der Waals surface area contributed by atoms with Crippen molar-refractivity contribution in [2.45, 2.75) is 6.17 Å². The van der Waals surface area contributed by atoms with Gasteiger partial charge in [-0.1, -0.05) is 146 Å². The van der Waals surface area contributed by atoms with Crippen molar-refractivity contribution in [2.24, 2.45) is 0 Å². The number of anilines is 3. The zero-order valence-electron chi connectivity index (χ0n) is 27.2. The van der Waals surface area contributed by atoms with E-state index in [0.717, 1.165) is 28.4 Å². The molecule has 3 heterocycles. The third-order valence-electron chi connectivity index (χ3n) is 10.1. The van der Waals surface area contributed by atoms with Crippen LogP contribution in [-0.2, 0) is 0 Å². The van der Waals surface area contributed by atoms with Gasteiger partial charge in [0.05, 0.1) is 16.7 Å². The van der Waals surface area contributed by atoms with Crippen LogP contribution in [0.5, 0.6) is 0 Å². The molecule has 4 heteroatoms. The van der Waals surface area contributed by atoms with Crippen LogP contribution in [0.4, 0.5) is 17.2 Å². The van der Waals surface area contributed by atoms with Crippen molar-refractivity contribution in [3.8, 4) is 27.9 Å². The molecule has 0 radical (unpaired) electrons. The molecule has 0 bridgehead atoms. The Bertz CT molecular complexity index is 2620. The maximum absolute atomic E-state index is 5.01. The minimum atomic E-state index is -0.152. The quantitative estimate of drug-likeness (QED) is 0.203. The van der Waals surface area contributed by atoms with Gasteiger partial charge in [0, 0.05) is 22.7 Å². The molecule has 0 saturated carbocycles. The SMILES string of the molecule is c1ccc(-c2ccc(-c3ccc(C4Nc5c(-n6c7ccccc7c7ccccc76)ccnc5N4c4ccccc4)cc3)c3ccccc23)cc1. The highest BCUT2D eigenvalue weighted by Crippen LogP contribution is 2.48. The molecule has 0 fully saturated rings. The van der Waals surface area contributed by atoms with Gasteiger partial charge in [-0.15, -0.1) is 0 Å². The maximum atomic E-state index is 5.01. The summed E-state index contributed by atoms with van der Waals surface area (Å²) in [7, 11) is 0. The molecule has 2 aromatic heterocycles. The van der Waals surface area contributed by atoms with Crippen molar-refractivity contribution in [3.05, 3.63) is 188 Å². The average Bonchev–Trinajstić information content (AvgIpc) is 3.75. The Morgan fingerprint density at radius 1 is 0.460 bits per heavy atom. The predicted octanol–water partition coefficient (Wildman–Crippen LogP) is 11.9. The van der Waals surface area contributed by atoms with Gasteiger partial charge < -0.3 is 9.88 Å². The number of benzene rings is 7. The molecule has 0 saturated heterocycles. The molecule has 1 unspecified atom stereocenters. The average molecular weight is 641 g/mol.